The van der Waals surface area contributed by atoms with E-state index in [1.165, 1.54) is 14.0 Å². The molecule has 4 atom stereocenters. The molecule has 3 rings (SSSR count). The molecular weight excluding hydrogens is 510 g/mol. The Bertz CT molecular complexity index is 1010. The summed E-state index contributed by atoms with van der Waals surface area (Å²) >= 11 is 3.42. The van der Waals surface area contributed by atoms with Gasteiger partial charge in [0, 0.05) is 27.1 Å². The van der Waals surface area contributed by atoms with Crippen molar-refractivity contribution in [3.63, 3.8) is 0 Å². The number of carbonyl (C=O) groups excluding carboxylic acids is 3. The van der Waals surface area contributed by atoms with E-state index in [1.54, 1.807) is 13.0 Å². The number of methoxy groups -OCH3 is 1. The van der Waals surface area contributed by atoms with E-state index in [2.05, 4.69) is 15.9 Å². The van der Waals surface area contributed by atoms with E-state index in [4.69, 9.17) is 23.7 Å². The molecule has 2 heterocycles. The summed E-state index contributed by atoms with van der Waals surface area (Å²) < 4.78 is 22.9. The minimum Gasteiger partial charge on any atom is -0.461 e. The van der Waals surface area contributed by atoms with E-state index < -0.39 is 42.3 Å². The number of unbranched alkanes of at least 4 members (excludes halogenated alkanes) is 1. The first-order valence-corrected chi connectivity index (χ1v) is 11.7. The lowest BCUT2D eigenvalue weighted by atomic mass is 10.0. The zero-order chi connectivity index (χ0) is 24.8. The monoisotopic (exact) mass is 537 g/mol. The lowest BCUT2D eigenvalue weighted by Gasteiger charge is -2.27. The third kappa shape index (κ3) is 5.68. The summed E-state index contributed by atoms with van der Waals surface area (Å²) in [4.78, 5) is 39.1. The molecule has 1 aromatic carbocycles. The minimum atomic E-state index is -1.35. The molecule has 0 bridgehead atoms. The fourth-order valence-corrected chi connectivity index (χ4v) is 4.42. The molecule has 0 unspecified atom stereocenters. The van der Waals surface area contributed by atoms with Crippen molar-refractivity contribution in [2.24, 2.45) is 0 Å². The fraction of sp³-hybridized carbons (Fsp3) is 0.458. The van der Waals surface area contributed by atoms with Crippen LogP contribution < -0.4 is 0 Å². The van der Waals surface area contributed by atoms with Crippen LogP contribution in [0.25, 0.3) is 0 Å². The van der Waals surface area contributed by atoms with Gasteiger partial charge in [0.1, 0.15) is 17.6 Å². The Balaban J connectivity index is 1.87. The van der Waals surface area contributed by atoms with Gasteiger partial charge in [-0.05, 0) is 47.3 Å². The van der Waals surface area contributed by atoms with Gasteiger partial charge < -0.3 is 23.7 Å². The van der Waals surface area contributed by atoms with Crippen LogP contribution in [-0.2, 0) is 30.2 Å². The number of aryl methyl sites for hydroxylation is 1. The second-order valence-electron chi connectivity index (χ2n) is 7.95. The normalized spacial score (nSPS) is 19.6. The van der Waals surface area contributed by atoms with Gasteiger partial charge in [-0.25, -0.2) is 9.69 Å². The van der Waals surface area contributed by atoms with Crippen LogP contribution in [0.15, 0.2) is 45.3 Å². The highest BCUT2D eigenvalue weighted by Crippen LogP contribution is 2.36. The van der Waals surface area contributed by atoms with Crippen molar-refractivity contribution in [3.8, 4) is 0 Å². The highest BCUT2D eigenvalue weighted by molar-refractivity contribution is 9.10. The maximum Gasteiger partial charge on any atom is 0.417 e. The fourth-order valence-electron chi connectivity index (χ4n) is 3.92. The lowest BCUT2D eigenvalue weighted by molar-refractivity contribution is -0.164. The van der Waals surface area contributed by atoms with Crippen molar-refractivity contribution in [3.05, 3.63) is 58.0 Å². The Hall–Kier alpha value is -2.69. The van der Waals surface area contributed by atoms with Gasteiger partial charge in [0.15, 0.2) is 12.2 Å². The summed E-state index contributed by atoms with van der Waals surface area (Å²) in [5.41, 5.74) is 0.756. The van der Waals surface area contributed by atoms with Crippen molar-refractivity contribution >= 4 is 33.9 Å². The number of amides is 2. The molecule has 10 heteroatoms. The number of cyclic esters (lactones) is 1. The van der Waals surface area contributed by atoms with E-state index in [9.17, 15) is 14.4 Å². The standard InChI is InChI=1S/C24H28BrNO8/c1-14-20(16-9-5-4-6-10-16)34-24(30)26(14)23(29)22(31-3)21(32-15(2)28)19-13-17(25)18(33-19)11-7-8-12-27/h4-6,9-10,13-14,20-22,27H,7-8,11-12H2,1-3H3/t14-,20-,21+,22-/m1/s1. The summed E-state index contributed by atoms with van der Waals surface area (Å²) in [6.07, 6.45) is -2.20. The molecule has 1 fully saturated rings. The van der Waals surface area contributed by atoms with E-state index >= 15 is 0 Å². The van der Waals surface area contributed by atoms with E-state index in [1.807, 2.05) is 30.3 Å². The van der Waals surface area contributed by atoms with Crippen LogP contribution in [0.4, 0.5) is 4.79 Å². The summed E-state index contributed by atoms with van der Waals surface area (Å²) in [5, 5.41) is 9.01. The zero-order valence-corrected chi connectivity index (χ0v) is 20.8. The highest BCUT2D eigenvalue weighted by atomic mass is 79.9. The Morgan fingerprint density at radius 3 is 2.56 bits per heavy atom. The molecule has 2 amide bonds. The van der Waals surface area contributed by atoms with Crippen molar-refractivity contribution in [1.29, 1.82) is 0 Å². The topological polar surface area (TPSA) is 116 Å². The molecule has 0 radical (unpaired) electrons. The first kappa shape index (κ1) is 25.9. The molecule has 0 saturated carbocycles. The number of furan rings is 1. The second kappa shape index (κ2) is 11.6. The molecule has 34 heavy (non-hydrogen) atoms. The molecule has 1 aliphatic rings. The van der Waals surface area contributed by atoms with Gasteiger partial charge in [-0.15, -0.1) is 0 Å². The number of imide groups is 1. The van der Waals surface area contributed by atoms with Gasteiger partial charge in [-0.2, -0.15) is 0 Å². The first-order chi connectivity index (χ1) is 16.3. The Kier molecular flexibility index (Phi) is 8.87. The molecule has 184 valence electrons. The number of nitrogens with zero attached hydrogens (tertiary/aromatic N) is 1. The molecule has 0 aliphatic carbocycles. The van der Waals surface area contributed by atoms with Gasteiger partial charge in [0.2, 0.25) is 0 Å². The van der Waals surface area contributed by atoms with Crippen LogP contribution in [0.1, 0.15) is 56.0 Å². The number of halogens is 1. The van der Waals surface area contributed by atoms with Crippen LogP contribution in [0.3, 0.4) is 0 Å². The first-order valence-electron chi connectivity index (χ1n) is 11.0. The number of benzene rings is 1. The second-order valence-corrected chi connectivity index (χ2v) is 8.81. The molecule has 1 aliphatic heterocycles. The number of rotatable bonds is 10. The van der Waals surface area contributed by atoms with Crippen LogP contribution in [0, 0.1) is 0 Å². The largest absolute Gasteiger partial charge is 0.461 e. The van der Waals surface area contributed by atoms with Crippen molar-refractivity contribution in [2.75, 3.05) is 13.7 Å². The summed E-state index contributed by atoms with van der Waals surface area (Å²) in [7, 11) is 1.29. The quantitative estimate of drug-likeness (QED) is 0.356. The Morgan fingerprint density at radius 2 is 1.94 bits per heavy atom. The number of hydrogen-bond acceptors (Lipinski definition) is 8. The number of carbonyl (C=O) groups is 3. The maximum absolute atomic E-state index is 13.5. The summed E-state index contributed by atoms with van der Waals surface area (Å²) in [6.45, 7) is 2.98. The highest BCUT2D eigenvalue weighted by Gasteiger charge is 2.48. The third-order valence-corrected chi connectivity index (χ3v) is 6.24. The van der Waals surface area contributed by atoms with E-state index in [-0.39, 0.29) is 12.4 Å². The third-order valence-electron chi connectivity index (χ3n) is 5.57. The zero-order valence-electron chi connectivity index (χ0n) is 19.2. The SMILES string of the molecule is CO[C@@H](C(=O)N1C(=O)O[C@@H](c2ccccc2)[C@H]1C)[C@@H](OC(C)=O)c1cc(Br)c(CCCCO)o1. The van der Waals surface area contributed by atoms with Crippen LogP contribution in [-0.4, -0.2) is 53.8 Å². The molecule has 1 aromatic heterocycles. The lowest BCUT2D eigenvalue weighted by Crippen LogP contribution is -2.47. The smallest absolute Gasteiger partial charge is 0.417 e. The molecular formula is C24H28BrNO8. The predicted molar refractivity (Wildman–Crippen MR) is 124 cm³/mol. The van der Waals surface area contributed by atoms with E-state index in [0.29, 0.717) is 29.5 Å². The van der Waals surface area contributed by atoms with E-state index in [0.717, 1.165) is 10.5 Å². The number of aliphatic hydroxyl groups excluding tert-OH is 1. The van der Waals surface area contributed by atoms with Gasteiger partial charge in [0.25, 0.3) is 5.91 Å². The van der Waals surface area contributed by atoms with Crippen molar-refractivity contribution < 1.29 is 38.1 Å². The average molecular weight is 538 g/mol. The average Bonchev–Trinajstić information content (AvgIpc) is 3.32. The summed E-state index contributed by atoms with van der Waals surface area (Å²) in [6, 6.07) is 10.1. The molecule has 1 saturated heterocycles. The van der Waals surface area contributed by atoms with Gasteiger partial charge in [-0.3, -0.25) is 9.59 Å². The summed E-state index contributed by atoms with van der Waals surface area (Å²) in [5.74, 6) is -0.574. The van der Waals surface area contributed by atoms with Crippen molar-refractivity contribution in [1.82, 2.24) is 4.90 Å². The van der Waals surface area contributed by atoms with Crippen LogP contribution >= 0.6 is 15.9 Å². The number of ether oxygens (including phenoxy) is 3. The Labute approximate surface area is 206 Å². The van der Waals surface area contributed by atoms with Gasteiger partial charge >= 0.3 is 12.1 Å². The van der Waals surface area contributed by atoms with Crippen LogP contribution in [0.2, 0.25) is 0 Å². The van der Waals surface area contributed by atoms with Gasteiger partial charge in [0.05, 0.1) is 10.5 Å². The predicted octanol–water partition coefficient (Wildman–Crippen LogP) is 4.08. The molecule has 1 N–H and O–H groups in total. The Morgan fingerprint density at radius 1 is 1.24 bits per heavy atom. The number of aliphatic hydroxyl groups is 1. The van der Waals surface area contributed by atoms with Gasteiger partial charge in [-0.1, -0.05) is 30.3 Å². The van der Waals surface area contributed by atoms with Crippen LogP contribution in [0.5, 0.6) is 0 Å². The number of hydrogen-bond donors (Lipinski definition) is 1. The number of esters is 1. The van der Waals surface area contributed by atoms with Crippen molar-refractivity contribution in [2.45, 2.75) is 57.5 Å². The maximum atomic E-state index is 13.5. The molecule has 2 aromatic rings. The molecule has 9 nitrogen and oxygen atoms in total. The minimum absolute atomic E-state index is 0.0651. The molecule has 0 spiro atoms.